The molecule has 0 aliphatic carbocycles. The number of hydroxylamine groups is 1. The number of amides is 1. The number of hydrogen-bond donors (Lipinski definition) is 1. The van der Waals surface area contributed by atoms with Crippen molar-refractivity contribution in [1.29, 1.82) is 0 Å². The van der Waals surface area contributed by atoms with E-state index in [9.17, 15) is 4.79 Å². The third-order valence-corrected chi connectivity index (χ3v) is 3.50. The molecule has 0 bridgehead atoms. The molecule has 0 unspecified atom stereocenters. The number of carbonyl (C=O) groups excluding carboxylic acids is 1. The Balaban J connectivity index is 2.10. The Labute approximate surface area is 134 Å². The summed E-state index contributed by atoms with van der Waals surface area (Å²) in [7, 11) is 1.41. The minimum absolute atomic E-state index is 0.329. The van der Waals surface area contributed by atoms with Gasteiger partial charge in [0.25, 0.3) is 5.91 Å². The Morgan fingerprint density at radius 2 is 1.78 bits per heavy atom. The van der Waals surface area contributed by atoms with Gasteiger partial charge in [0.05, 0.1) is 18.4 Å². The van der Waals surface area contributed by atoms with Gasteiger partial charge >= 0.3 is 0 Å². The quantitative estimate of drug-likeness (QED) is 0.753. The number of aryl methyl sites for hydroxylation is 1. The summed E-state index contributed by atoms with van der Waals surface area (Å²) in [5.74, 6) is -0.329. The Morgan fingerprint density at radius 1 is 1.09 bits per heavy atom. The maximum Gasteiger partial charge on any atom is 0.278 e. The van der Waals surface area contributed by atoms with Crippen molar-refractivity contribution in [2.75, 3.05) is 7.11 Å². The van der Waals surface area contributed by atoms with E-state index in [1.807, 2.05) is 61.5 Å². The van der Waals surface area contributed by atoms with E-state index in [4.69, 9.17) is 4.84 Å². The molecule has 3 aromatic rings. The average Bonchev–Trinajstić information content (AvgIpc) is 3.02. The van der Waals surface area contributed by atoms with Gasteiger partial charge in [0.15, 0.2) is 0 Å². The number of carbonyl (C=O) groups is 1. The van der Waals surface area contributed by atoms with E-state index in [1.54, 1.807) is 10.9 Å². The first-order chi connectivity index (χ1) is 11.2. The van der Waals surface area contributed by atoms with E-state index < -0.39 is 0 Å². The fraction of sp³-hybridized carbons (Fsp3) is 0.111. The second kappa shape index (κ2) is 6.46. The molecule has 0 aliphatic rings. The summed E-state index contributed by atoms with van der Waals surface area (Å²) in [5, 5.41) is 4.58. The lowest BCUT2D eigenvalue weighted by Gasteiger charge is -2.02. The molecule has 1 amide bonds. The summed E-state index contributed by atoms with van der Waals surface area (Å²) in [5.41, 5.74) is 6.36. The number of aromatic nitrogens is 2. The molecule has 2 aromatic carbocycles. The Bertz CT molecular complexity index is 808. The molecule has 5 heteroatoms. The van der Waals surface area contributed by atoms with Crippen molar-refractivity contribution in [3.05, 3.63) is 71.9 Å². The Kier molecular flexibility index (Phi) is 4.21. The summed E-state index contributed by atoms with van der Waals surface area (Å²) in [4.78, 5) is 17.0. The third-order valence-electron chi connectivity index (χ3n) is 3.50. The highest BCUT2D eigenvalue weighted by Crippen LogP contribution is 2.23. The highest BCUT2D eigenvalue weighted by atomic mass is 16.6. The second-order valence-corrected chi connectivity index (χ2v) is 5.17. The van der Waals surface area contributed by atoms with Crippen LogP contribution in [0.5, 0.6) is 0 Å². The average molecular weight is 307 g/mol. The van der Waals surface area contributed by atoms with Crippen LogP contribution in [0.1, 0.15) is 15.9 Å². The zero-order valence-electron chi connectivity index (χ0n) is 13.0. The van der Waals surface area contributed by atoms with Gasteiger partial charge in [-0.25, -0.2) is 10.2 Å². The van der Waals surface area contributed by atoms with E-state index >= 15 is 0 Å². The van der Waals surface area contributed by atoms with Crippen LogP contribution in [0.4, 0.5) is 0 Å². The first-order valence-corrected chi connectivity index (χ1v) is 7.24. The minimum atomic E-state index is -0.329. The number of nitrogens with one attached hydrogen (secondary N) is 1. The van der Waals surface area contributed by atoms with Crippen LogP contribution in [0, 0.1) is 6.92 Å². The number of benzene rings is 2. The zero-order chi connectivity index (χ0) is 16.2. The van der Waals surface area contributed by atoms with Crippen molar-refractivity contribution in [3.8, 4) is 16.9 Å². The van der Waals surface area contributed by atoms with Gasteiger partial charge in [0.2, 0.25) is 0 Å². The molecular formula is C18H17N3O2. The molecule has 116 valence electrons. The van der Waals surface area contributed by atoms with Crippen molar-refractivity contribution >= 4 is 5.91 Å². The lowest BCUT2D eigenvalue weighted by atomic mass is 10.1. The van der Waals surface area contributed by atoms with Gasteiger partial charge in [-0.05, 0) is 19.1 Å². The summed E-state index contributed by atoms with van der Waals surface area (Å²) in [6, 6.07) is 17.6. The van der Waals surface area contributed by atoms with E-state index in [-0.39, 0.29) is 5.91 Å². The van der Waals surface area contributed by atoms with E-state index in [2.05, 4.69) is 10.6 Å². The molecule has 0 saturated carbocycles. The molecule has 5 nitrogen and oxygen atoms in total. The van der Waals surface area contributed by atoms with Crippen molar-refractivity contribution in [2.45, 2.75) is 6.92 Å². The molecule has 0 atom stereocenters. The van der Waals surface area contributed by atoms with Crippen molar-refractivity contribution < 1.29 is 9.63 Å². The minimum Gasteiger partial charge on any atom is -0.277 e. The smallest absolute Gasteiger partial charge is 0.277 e. The maximum absolute atomic E-state index is 12.2. The van der Waals surface area contributed by atoms with E-state index in [0.29, 0.717) is 11.3 Å². The summed E-state index contributed by atoms with van der Waals surface area (Å²) in [6.07, 6.45) is 1.71. The van der Waals surface area contributed by atoms with Gasteiger partial charge in [-0.2, -0.15) is 5.10 Å². The van der Waals surface area contributed by atoms with Crippen molar-refractivity contribution in [3.63, 3.8) is 0 Å². The molecule has 1 aromatic heterocycles. The van der Waals surface area contributed by atoms with Crippen molar-refractivity contribution in [1.82, 2.24) is 15.3 Å². The first kappa shape index (κ1) is 15.0. The molecule has 23 heavy (non-hydrogen) atoms. The van der Waals surface area contributed by atoms with Crippen LogP contribution in [-0.2, 0) is 4.84 Å². The maximum atomic E-state index is 12.2. The van der Waals surface area contributed by atoms with Gasteiger partial charge < -0.3 is 0 Å². The standard InChI is InChI=1S/C18H17N3O2/c1-13-8-10-15(11-9-13)21-12-16(18(22)20-23-2)17(19-21)14-6-4-3-5-7-14/h3-12H,1-2H3,(H,20,22). The van der Waals surface area contributed by atoms with Gasteiger partial charge in [-0.3, -0.25) is 9.63 Å². The molecule has 0 aliphatic heterocycles. The Hall–Kier alpha value is -2.92. The highest BCUT2D eigenvalue weighted by Gasteiger charge is 2.18. The largest absolute Gasteiger partial charge is 0.278 e. The highest BCUT2D eigenvalue weighted by molar-refractivity contribution is 5.99. The molecule has 0 spiro atoms. The van der Waals surface area contributed by atoms with Crippen LogP contribution in [-0.4, -0.2) is 22.8 Å². The van der Waals surface area contributed by atoms with Crippen LogP contribution in [0.3, 0.4) is 0 Å². The molecule has 3 rings (SSSR count). The van der Waals surface area contributed by atoms with Crippen LogP contribution in [0.25, 0.3) is 16.9 Å². The normalized spacial score (nSPS) is 10.5. The van der Waals surface area contributed by atoms with Gasteiger partial charge in [-0.15, -0.1) is 0 Å². The number of hydrogen-bond acceptors (Lipinski definition) is 3. The molecule has 1 N–H and O–H groups in total. The molecular weight excluding hydrogens is 290 g/mol. The van der Waals surface area contributed by atoms with Crippen LogP contribution in [0.15, 0.2) is 60.8 Å². The fourth-order valence-corrected chi connectivity index (χ4v) is 2.33. The topological polar surface area (TPSA) is 56.1 Å². The fourth-order valence-electron chi connectivity index (χ4n) is 2.33. The Morgan fingerprint density at radius 3 is 2.43 bits per heavy atom. The SMILES string of the molecule is CONC(=O)c1cn(-c2ccc(C)cc2)nc1-c1ccccc1. The second-order valence-electron chi connectivity index (χ2n) is 5.17. The summed E-state index contributed by atoms with van der Waals surface area (Å²) >= 11 is 0. The third kappa shape index (κ3) is 3.14. The zero-order valence-corrected chi connectivity index (χ0v) is 13.0. The van der Waals surface area contributed by atoms with Crippen LogP contribution >= 0.6 is 0 Å². The van der Waals surface area contributed by atoms with Gasteiger partial charge in [-0.1, -0.05) is 48.0 Å². The molecule has 0 saturated heterocycles. The monoisotopic (exact) mass is 307 g/mol. The predicted octanol–water partition coefficient (Wildman–Crippen LogP) is 3.14. The summed E-state index contributed by atoms with van der Waals surface area (Å²) < 4.78 is 1.70. The van der Waals surface area contributed by atoms with Crippen LogP contribution in [0.2, 0.25) is 0 Å². The van der Waals surface area contributed by atoms with Gasteiger partial charge in [0.1, 0.15) is 5.69 Å². The van der Waals surface area contributed by atoms with Crippen LogP contribution < -0.4 is 5.48 Å². The molecule has 0 radical (unpaired) electrons. The number of rotatable bonds is 4. The molecule has 1 heterocycles. The first-order valence-electron chi connectivity index (χ1n) is 7.24. The predicted molar refractivity (Wildman–Crippen MR) is 88.2 cm³/mol. The lowest BCUT2D eigenvalue weighted by molar-refractivity contribution is 0.0538. The lowest BCUT2D eigenvalue weighted by Crippen LogP contribution is -2.21. The van der Waals surface area contributed by atoms with E-state index in [1.165, 1.54) is 12.7 Å². The number of nitrogens with zero attached hydrogens (tertiary/aromatic N) is 2. The van der Waals surface area contributed by atoms with Crippen molar-refractivity contribution in [2.24, 2.45) is 0 Å². The van der Waals surface area contributed by atoms with E-state index in [0.717, 1.165) is 11.3 Å². The molecule has 0 fully saturated rings. The summed E-state index contributed by atoms with van der Waals surface area (Å²) in [6.45, 7) is 2.03. The van der Waals surface area contributed by atoms with Gasteiger partial charge in [0, 0.05) is 11.8 Å².